The number of carbonyl (C=O) groups excluding carboxylic acids is 1. The molecule has 0 aliphatic rings. The Balaban J connectivity index is 0.000000397. The van der Waals surface area contributed by atoms with Crippen molar-refractivity contribution in [3.8, 4) is 0 Å². The number of nitrogens with one attached hydrogen (secondary N) is 1. The van der Waals surface area contributed by atoms with Crippen molar-refractivity contribution >= 4 is 6.29 Å². The predicted octanol–water partition coefficient (Wildman–Crippen LogP) is 1.97. The molecule has 0 fully saturated rings. The van der Waals surface area contributed by atoms with Crippen molar-refractivity contribution in [2.75, 3.05) is 13.2 Å². The van der Waals surface area contributed by atoms with Gasteiger partial charge in [0.1, 0.15) is 0 Å². The minimum atomic E-state index is -0.715. The molecule has 0 radical (unpaired) electrons. The second-order valence-electron chi connectivity index (χ2n) is 3.86. The number of pyridine rings is 2. The SMILES string of the molecule is C.O=Cc1cccnc1F.OCCNCc1cccnc1F. The lowest BCUT2D eigenvalue weighted by molar-refractivity contribution is 0.111. The monoisotopic (exact) mass is 311 g/mol. The normalized spacial score (nSPS) is 9.23. The average Bonchev–Trinajstić information content (AvgIpc) is 2.51. The maximum absolute atomic E-state index is 12.8. The molecule has 120 valence electrons. The lowest BCUT2D eigenvalue weighted by Gasteiger charge is -2.02. The van der Waals surface area contributed by atoms with Crippen LogP contribution in [0.2, 0.25) is 0 Å². The van der Waals surface area contributed by atoms with Crippen LogP contribution in [0.15, 0.2) is 36.7 Å². The van der Waals surface area contributed by atoms with Gasteiger partial charge in [-0.1, -0.05) is 13.5 Å². The molecule has 0 atom stereocenters. The highest BCUT2D eigenvalue weighted by molar-refractivity contribution is 5.74. The molecule has 2 heterocycles. The van der Waals surface area contributed by atoms with Crippen molar-refractivity contribution in [2.24, 2.45) is 0 Å². The second-order valence-corrected chi connectivity index (χ2v) is 3.86. The van der Waals surface area contributed by atoms with Gasteiger partial charge in [-0.25, -0.2) is 9.97 Å². The summed E-state index contributed by atoms with van der Waals surface area (Å²) in [7, 11) is 0. The maximum Gasteiger partial charge on any atom is 0.223 e. The Kier molecular flexibility index (Phi) is 10.2. The highest BCUT2D eigenvalue weighted by atomic mass is 19.1. The lowest BCUT2D eigenvalue weighted by atomic mass is 10.3. The molecule has 0 unspecified atom stereocenters. The lowest BCUT2D eigenvalue weighted by Crippen LogP contribution is -2.18. The predicted molar refractivity (Wildman–Crippen MR) is 79.3 cm³/mol. The molecule has 0 saturated carbocycles. The Labute approximate surface area is 128 Å². The largest absolute Gasteiger partial charge is 0.395 e. The summed E-state index contributed by atoms with van der Waals surface area (Å²) in [5.74, 6) is -1.17. The smallest absolute Gasteiger partial charge is 0.223 e. The van der Waals surface area contributed by atoms with Crippen LogP contribution in [0.3, 0.4) is 0 Å². The van der Waals surface area contributed by atoms with Crippen LogP contribution in [0.4, 0.5) is 8.78 Å². The Bertz CT molecular complexity index is 568. The minimum absolute atomic E-state index is 0. The first kappa shape index (κ1) is 19.8. The van der Waals surface area contributed by atoms with Crippen LogP contribution in [0.25, 0.3) is 0 Å². The molecule has 2 aromatic rings. The molecule has 0 spiro atoms. The van der Waals surface area contributed by atoms with Gasteiger partial charge in [0.05, 0.1) is 12.2 Å². The van der Waals surface area contributed by atoms with Gasteiger partial charge in [-0.2, -0.15) is 8.78 Å². The first-order chi connectivity index (χ1) is 10.2. The van der Waals surface area contributed by atoms with Crippen LogP contribution < -0.4 is 5.32 Å². The molecule has 0 saturated heterocycles. The fourth-order valence-electron chi connectivity index (χ4n) is 1.34. The quantitative estimate of drug-likeness (QED) is 0.502. The van der Waals surface area contributed by atoms with E-state index in [0.29, 0.717) is 24.9 Å². The highest BCUT2D eigenvalue weighted by Crippen LogP contribution is 2.01. The Morgan fingerprint density at radius 3 is 2.27 bits per heavy atom. The second kappa shape index (κ2) is 11.4. The number of aromatic nitrogens is 2. The molecule has 2 N–H and O–H groups in total. The van der Waals surface area contributed by atoms with Crippen molar-refractivity contribution in [2.45, 2.75) is 14.0 Å². The topological polar surface area (TPSA) is 75.1 Å². The molecule has 0 aliphatic carbocycles. The van der Waals surface area contributed by atoms with E-state index in [1.807, 2.05) is 0 Å². The maximum atomic E-state index is 12.8. The summed E-state index contributed by atoms with van der Waals surface area (Å²) in [6.07, 6.45) is 3.13. The number of aliphatic hydroxyl groups excluding tert-OH is 1. The fourth-order valence-corrected chi connectivity index (χ4v) is 1.34. The van der Waals surface area contributed by atoms with E-state index >= 15 is 0 Å². The molecule has 0 aromatic carbocycles. The zero-order valence-electron chi connectivity index (χ0n) is 11.2. The number of aliphatic hydroxyl groups is 1. The van der Waals surface area contributed by atoms with E-state index in [-0.39, 0.29) is 19.6 Å². The molecule has 5 nitrogen and oxygen atoms in total. The summed E-state index contributed by atoms with van der Waals surface area (Å²) in [4.78, 5) is 16.7. The van der Waals surface area contributed by atoms with Crippen LogP contribution >= 0.6 is 0 Å². The zero-order chi connectivity index (χ0) is 15.5. The van der Waals surface area contributed by atoms with Crippen molar-refractivity contribution in [1.29, 1.82) is 0 Å². The standard InChI is InChI=1S/C8H11FN2O.C6H4FNO.CH4/c9-8-7(2-1-3-11-8)6-10-4-5-12;7-6-5(4-9)2-1-3-8-6;/h1-3,10,12H,4-6H2;1-4H;1H4. The number of rotatable bonds is 5. The molecular formula is C15H19F2N3O2. The van der Waals surface area contributed by atoms with Gasteiger partial charge in [0, 0.05) is 31.0 Å². The summed E-state index contributed by atoms with van der Waals surface area (Å²) >= 11 is 0. The Morgan fingerprint density at radius 1 is 1.14 bits per heavy atom. The van der Waals surface area contributed by atoms with Crippen LogP contribution in [-0.4, -0.2) is 34.5 Å². The number of aldehydes is 1. The summed E-state index contributed by atoms with van der Waals surface area (Å²) in [5, 5.41) is 11.3. The van der Waals surface area contributed by atoms with E-state index < -0.39 is 11.9 Å². The van der Waals surface area contributed by atoms with Gasteiger partial charge >= 0.3 is 0 Å². The highest BCUT2D eigenvalue weighted by Gasteiger charge is 1.99. The Hall–Kier alpha value is -2.25. The molecule has 2 rings (SSSR count). The number of hydrogen-bond donors (Lipinski definition) is 2. The fraction of sp³-hybridized carbons (Fsp3) is 0.267. The van der Waals surface area contributed by atoms with E-state index in [9.17, 15) is 13.6 Å². The van der Waals surface area contributed by atoms with Gasteiger partial charge in [0.15, 0.2) is 6.29 Å². The van der Waals surface area contributed by atoms with Crippen LogP contribution in [0.5, 0.6) is 0 Å². The van der Waals surface area contributed by atoms with Crippen molar-refractivity contribution < 1.29 is 18.7 Å². The molecule has 22 heavy (non-hydrogen) atoms. The van der Waals surface area contributed by atoms with Gasteiger partial charge in [0.25, 0.3) is 0 Å². The summed E-state index contributed by atoms with van der Waals surface area (Å²) in [6.45, 7) is 0.927. The Morgan fingerprint density at radius 2 is 1.77 bits per heavy atom. The summed E-state index contributed by atoms with van der Waals surface area (Å²) in [5.41, 5.74) is 0.517. The number of halogens is 2. The number of carbonyl (C=O) groups is 1. The van der Waals surface area contributed by atoms with Crippen LogP contribution in [-0.2, 0) is 6.54 Å². The van der Waals surface area contributed by atoms with Crippen molar-refractivity contribution in [3.63, 3.8) is 0 Å². The first-order valence-corrected chi connectivity index (χ1v) is 6.15. The van der Waals surface area contributed by atoms with Gasteiger partial charge < -0.3 is 10.4 Å². The number of nitrogens with zero attached hydrogens (tertiary/aromatic N) is 2. The van der Waals surface area contributed by atoms with Crippen molar-refractivity contribution in [1.82, 2.24) is 15.3 Å². The molecule has 2 aromatic heterocycles. The van der Waals surface area contributed by atoms with E-state index in [1.165, 1.54) is 24.5 Å². The van der Waals surface area contributed by atoms with E-state index in [2.05, 4.69) is 15.3 Å². The third-order valence-corrected chi connectivity index (χ3v) is 2.36. The van der Waals surface area contributed by atoms with Gasteiger partial charge in [0.2, 0.25) is 11.9 Å². The molecule has 7 heteroatoms. The summed E-state index contributed by atoms with van der Waals surface area (Å²) < 4.78 is 25.1. The van der Waals surface area contributed by atoms with Crippen molar-refractivity contribution in [3.05, 3.63) is 59.7 Å². The van der Waals surface area contributed by atoms with E-state index in [1.54, 1.807) is 12.1 Å². The summed E-state index contributed by atoms with van der Waals surface area (Å²) in [6, 6.07) is 6.22. The molecule has 0 aliphatic heterocycles. The van der Waals surface area contributed by atoms with Crippen LogP contribution in [0.1, 0.15) is 23.3 Å². The van der Waals surface area contributed by atoms with E-state index in [4.69, 9.17) is 5.11 Å². The van der Waals surface area contributed by atoms with E-state index in [0.717, 1.165) is 0 Å². The van der Waals surface area contributed by atoms with Gasteiger partial charge in [-0.05, 0) is 18.2 Å². The average molecular weight is 311 g/mol. The van der Waals surface area contributed by atoms with Gasteiger partial charge in [-0.15, -0.1) is 0 Å². The molecular weight excluding hydrogens is 292 g/mol. The molecule has 0 amide bonds. The third-order valence-electron chi connectivity index (χ3n) is 2.36. The first-order valence-electron chi connectivity index (χ1n) is 6.15. The van der Waals surface area contributed by atoms with Gasteiger partial charge in [-0.3, -0.25) is 4.79 Å². The third kappa shape index (κ3) is 6.96. The van der Waals surface area contributed by atoms with Crippen LogP contribution in [0, 0.1) is 11.9 Å². The zero-order valence-corrected chi connectivity index (χ0v) is 11.2. The number of hydrogen-bond acceptors (Lipinski definition) is 5. The molecule has 0 bridgehead atoms. The minimum Gasteiger partial charge on any atom is -0.395 e.